The van der Waals surface area contributed by atoms with Crippen LogP contribution in [0.4, 0.5) is 0 Å². The third kappa shape index (κ3) is 2.88. The molecule has 0 aliphatic rings. The van der Waals surface area contributed by atoms with Crippen molar-refractivity contribution in [3.05, 3.63) is 54.6 Å². The van der Waals surface area contributed by atoms with E-state index < -0.39 is 11.5 Å². The van der Waals surface area contributed by atoms with Gasteiger partial charge in [0.2, 0.25) is 0 Å². The van der Waals surface area contributed by atoms with E-state index >= 15 is 0 Å². The molecule has 0 amide bonds. The van der Waals surface area contributed by atoms with Gasteiger partial charge in [0.15, 0.2) is 5.54 Å². The zero-order chi connectivity index (χ0) is 14.6. The third-order valence-corrected chi connectivity index (χ3v) is 3.15. The summed E-state index contributed by atoms with van der Waals surface area (Å²) >= 11 is 0. The van der Waals surface area contributed by atoms with Crippen molar-refractivity contribution in [2.75, 3.05) is 0 Å². The van der Waals surface area contributed by atoms with E-state index in [0.717, 1.165) is 5.56 Å². The second-order valence-electron chi connectivity index (χ2n) is 5.11. The molecule has 0 aliphatic heterocycles. The molecule has 0 radical (unpaired) electrons. The van der Waals surface area contributed by atoms with Gasteiger partial charge >= 0.3 is 5.97 Å². The number of aliphatic carboxylic acids is 1. The van der Waals surface area contributed by atoms with Crippen molar-refractivity contribution in [1.82, 2.24) is 14.9 Å². The van der Waals surface area contributed by atoms with Crippen LogP contribution in [0.5, 0.6) is 0 Å². The zero-order valence-electron chi connectivity index (χ0n) is 11.7. The van der Waals surface area contributed by atoms with E-state index in [1.165, 1.54) is 0 Å². The first-order chi connectivity index (χ1) is 9.54. The van der Waals surface area contributed by atoms with Gasteiger partial charge in [-0.05, 0) is 19.4 Å². The second-order valence-corrected chi connectivity index (χ2v) is 5.11. The minimum absolute atomic E-state index is 0.0369. The Morgan fingerprint density at radius 1 is 1.40 bits per heavy atom. The Balaban J connectivity index is 2.47. The van der Waals surface area contributed by atoms with Crippen molar-refractivity contribution < 1.29 is 9.90 Å². The number of carboxylic acids is 1. The molecule has 5 nitrogen and oxygen atoms in total. The summed E-state index contributed by atoms with van der Waals surface area (Å²) in [7, 11) is 0. The lowest BCUT2D eigenvalue weighted by Gasteiger charge is -2.33. The monoisotopic (exact) mass is 273 g/mol. The average molecular weight is 273 g/mol. The van der Waals surface area contributed by atoms with Crippen LogP contribution < -0.4 is 5.32 Å². The first kappa shape index (κ1) is 14.3. The number of nitrogens with zero attached hydrogens (tertiary/aromatic N) is 2. The summed E-state index contributed by atoms with van der Waals surface area (Å²) in [5, 5.41) is 13.0. The van der Waals surface area contributed by atoms with Crippen LogP contribution in [0.2, 0.25) is 0 Å². The molecule has 106 valence electrons. The van der Waals surface area contributed by atoms with Crippen molar-refractivity contribution in [2.45, 2.75) is 32.0 Å². The van der Waals surface area contributed by atoms with Gasteiger partial charge in [-0.25, -0.2) is 9.78 Å². The SMILES string of the molecule is CC(C)NC(Cn1ccnc1)(C(=O)O)c1ccccc1. The summed E-state index contributed by atoms with van der Waals surface area (Å²) in [5.41, 5.74) is -0.439. The van der Waals surface area contributed by atoms with E-state index in [4.69, 9.17) is 0 Å². The molecule has 20 heavy (non-hydrogen) atoms. The van der Waals surface area contributed by atoms with Gasteiger partial charge in [-0.15, -0.1) is 0 Å². The van der Waals surface area contributed by atoms with E-state index in [0.29, 0.717) is 0 Å². The van der Waals surface area contributed by atoms with E-state index in [-0.39, 0.29) is 12.6 Å². The maximum atomic E-state index is 12.0. The fourth-order valence-corrected chi connectivity index (χ4v) is 2.34. The van der Waals surface area contributed by atoms with Crippen molar-refractivity contribution in [2.24, 2.45) is 0 Å². The van der Waals surface area contributed by atoms with Crippen LogP contribution in [0, 0.1) is 0 Å². The number of nitrogens with one attached hydrogen (secondary N) is 1. The number of carboxylic acid groups (broad SMARTS) is 1. The van der Waals surface area contributed by atoms with E-state index in [9.17, 15) is 9.90 Å². The Hall–Kier alpha value is -2.14. The highest BCUT2D eigenvalue weighted by Crippen LogP contribution is 2.25. The molecule has 2 aromatic rings. The van der Waals surface area contributed by atoms with E-state index in [2.05, 4.69) is 10.3 Å². The summed E-state index contributed by atoms with van der Waals surface area (Å²) < 4.78 is 1.77. The fraction of sp³-hybridized carbons (Fsp3) is 0.333. The van der Waals surface area contributed by atoms with Crippen LogP contribution in [0.15, 0.2) is 49.1 Å². The Morgan fingerprint density at radius 3 is 2.60 bits per heavy atom. The molecule has 1 aromatic heterocycles. The van der Waals surface area contributed by atoms with Gasteiger partial charge in [0.05, 0.1) is 12.9 Å². The molecule has 5 heteroatoms. The molecule has 0 fully saturated rings. The maximum Gasteiger partial charge on any atom is 0.330 e. The lowest BCUT2D eigenvalue weighted by molar-refractivity contribution is -0.146. The van der Waals surface area contributed by atoms with Gasteiger partial charge in [-0.2, -0.15) is 0 Å². The van der Waals surface area contributed by atoms with Crippen LogP contribution in [-0.2, 0) is 16.9 Å². The number of aromatic nitrogens is 2. The standard InChI is InChI=1S/C15H19N3O2/c1-12(2)17-15(14(19)20,10-18-9-8-16-11-18)13-6-4-3-5-7-13/h3-9,11-12,17H,10H2,1-2H3,(H,19,20). The third-order valence-electron chi connectivity index (χ3n) is 3.15. The van der Waals surface area contributed by atoms with Crippen molar-refractivity contribution in [3.63, 3.8) is 0 Å². The van der Waals surface area contributed by atoms with Gasteiger partial charge in [0.25, 0.3) is 0 Å². The van der Waals surface area contributed by atoms with Gasteiger partial charge in [0, 0.05) is 18.4 Å². The minimum Gasteiger partial charge on any atom is -0.480 e. The molecule has 1 heterocycles. The summed E-state index contributed by atoms with van der Waals surface area (Å²) in [4.78, 5) is 16.0. The number of carbonyl (C=O) groups is 1. The summed E-state index contributed by atoms with van der Waals surface area (Å²) in [6.07, 6.45) is 5.04. The second kappa shape index (κ2) is 5.88. The van der Waals surface area contributed by atoms with Gasteiger partial charge in [-0.3, -0.25) is 5.32 Å². The number of rotatable bonds is 6. The van der Waals surface area contributed by atoms with Crippen LogP contribution in [0.25, 0.3) is 0 Å². The number of benzene rings is 1. The Labute approximate surface area is 118 Å². The highest BCUT2D eigenvalue weighted by Gasteiger charge is 2.41. The van der Waals surface area contributed by atoms with E-state index in [1.807, 2.05) is 44.2 Å². The largest absolute Gasteiger partial charge is 0.480 e. The van der Waals surface area contributed by atoms with Crippen molar-refractivity contribution in [1.29, 1.82) is 0 Å². The molecule has 0 bridgehead atoms. The van der Waals surface area contributed by atoms with Gasteiger partial charge < -0.3 is 9.67 Å². The Kier molecular flexibility index (Phi) is 4.20. The number of imidazole rings is 1. The molecule has 1 aromatic carbocycles. The van der Waals surface area contributed by atoms with Crippen molar-refractivity contribution in [3.8, 4) is 0 Å². The summed E-state index contributed by atoms with van der Waals surface area (Å²) in [6, 6.07) is 9.28. The average Bonchev–Trinajstić information content (AvgIpc) is 2.91. The molecule has 2 rings (SSSR count). The molecule has 0 spiro atoms. The smallest absolute Gasteiger partial charge is 0.330 e. The van der Waals surface area contributed by atoms with Gasteiger partial charge in [0.1, 0.15) is 0 Å². The predicted octanol–water partition coefficient (Wildman–Crippen LogP) is 1.86. The quantitative estimate of drug-likeness (QED) is 0.843. The number of hydrogen-bond acceptors (Lipinski definition) is 3. The Morgan fingerprint density at radius 2 is 2.10 bits per heavy atom. The first-order valence-corrected chi connectivity index (χ1v) is 6.57. The molecular formula is C15H19N3O2. The molecule has 0 saturated carbocycles. The molecule has 0 aliphatic carbocycles. The molecule has 0 saturated heterocycles. The minimum atomic E-state index is -1.17. The van der Waals surface area contributed by atoms with Crippen LogP contribution in [0.1, 0.15) is 19.4 Å². The lowest BCUT2D eigenvalue weighted by atomic mass is 9.88. The van der Waals surface area contributed by atoms with Crippen LogP contribution in [0.3, 0.4) is 0 Å². The van der Waals surface area contributed by atoms with Crippen molar-refractivity contribution >= 4 is 5.97 Å². The molecular weight excluding hydrogens is 254 g/mol. The fourth-order valence-electron chi connectivity index (χ4n) is 2.34. The van der Waals surface area contributed by atoms with Crippen LogP contribution >= 0.6 is 0 Å². The predicted molar refractivity (Wildman–Crippen MR) is 76.3 cm³/mol. The normalized spacial score (nSPS) is 14.2. The summed E-state index contributed by atoms with van der Waals surface area (Å²) in [6.45, 7) is 4.16. The lowest BCUT2D eigenvalue weighted by Crippen LogP contribution is -2.54. The van der Waals surface area contributed by atoms with Crippen LogP contribution in [-0.4, -0.2) is 26.7 Å². The maximum absolute atomic E-state index is 12.0. The Bertz CT molecular complexity index is 552. The highest BCUT2D eigenvalue weighted by molar-refractivity contribution is 5.80. The van der Waals surface area contributed by atoms with Gasteiger partial charge in [-0.1, -0.05) is 30.3 Å². The highest BCUT2D eigenvalue weighted by atomic mass is 16.4. The zero-order valence-corrected chi connectivity index (χ0v) is 11.7. The molecule has 2 N–H and O–H groups in total. The number of hydrogen-bond donors (Lipinski definition) is 2. The summed E-state index contributed by atoms with van der Waals surface area (Å²) in [5.74, 6) is -0.897. The molecule has 1 unspecified atom stereocenters. The van der Waals surface area contributed by atoms with E-state index in [1.54, 1.807) is 23.3 Å². The topological polar surface area (TPSA) is 67.2 Å². The first-order valence-electron chi connectivity index (χ1n) is 6.57. The molecule has 1 atom stereocenters.